The summed E-state index contributed by atoms with van der Waals surface area (Å²) in [7, 11) is 3.80. The number of hydrogen-bond acceptors (Lipinski definition) is 9. The average Bonchev–Trinajstić information content (AvgIpc) is 3.41. The Morgan fingerprint density at radius 1 is 0.918 bits per heavy atom. The predicted octanol–water partition coefficient (Wildman–Crippen LogP) is 2.52. The standard InChI is InChI=1S/C36H43BrN8O4/c1-41-20-26(16-28(22-41)39-30-17-38-42(2)36(49)33(30)37)25-6-3-23(4-7-25)18-43-11-13-44(14-12-43)19-24-5-8-29-27(15-24)21-45(35(29)48)31-9-10-32(46)40-34(31)47/h3-8,15,17,26,28,31,39H,9-14,16,18-22H2,1-2H3,(H,40,46,47). The van der Waals surface area contributed by atoms with Crippen LogP contribution < -0.4 is 16.2 Å². The highest BCUT2D eigenvalue weighted by Gasteiger charge is 2.39. The van der Waals surface area contributed by atoms with E-state index in [0.29, 0.717) is 28.9 Å². The minimum atomic E-state index is -0.589. The molecule has 3 aromatic rings. The molecule has 3 atom stereocenters. The number of amides is 3. The number of fused-ring (bicyclic) bond motifs is 1. The first kappa shape index (κ1) is 33.6. The second-order valence-corrected chi connectivity index (χ2v) is 14.8. The van der Waals surface area contributed by atoms with Crippen LogP contribution in [0.15, 0.2) is 57.9 Å². The maximum atomic E-state index is 13.1. The smallest absolute Gasteiger partial charge is 0.282 e. The van der Waals surface area contributed by atoms with E-state index in [1.54, 1.807) is 18.1 Å². The van der Waals surface area contributed by atoms with Gasteiger partial charge in [-0.15, -0.1) is 0 Å². The zero-order valence-corrected chi connectivity index (χ0v) is 29.6. The number of anilines is 1. The van der Waals surface area contributed by atoms with Gasteiger partial charge in [0.15, 0.2) is 0 Å². The number of piperazine rings is 1. The molecule has 12 nitrogen and oxygen atoms in total. The molecule has 7 rings (SSSR count). The number of nitrogens with one attached hydrogen (secondary N) is 2. The van der Waals surface area contributed by atoms with Crippen LogP contribution in [0.3, 0.4) is 0 Å². The number of likely N-dealkylation sites (tertiary alicyclic amines) is 1. The number of carbonyl (C=O) groups excluding carboxylic acids is 3. The molecule has 3 saturated heterocycles. The number of piperidine rings is 2. The molecule has 13 heteroatoms. The zero-order valence-electron chi connectivity index (χ0n) is 28.0. The molecule has 0 radical (unpaired) electrons. The predicted molar refractivity (Wildman–Crippen MR) is 189 cm³/mol. The monoisotopic (exact) mass is 730 g/mol. The molecular weight excluding hydrogens is 688 g/mol. The molecule has 0 bridgehead atoms. The van der Waals surface area contributed by atoms with Gasteiger partial charge in [0, 0.05) is 84.0 Å². The normalized spacial score (nSPS) is 23.9. The number of hydrogen-bond donors (Lipinski definition) is 2. The lowest BCUT2D eigenvalue weighted by Crippen LogP contribution is -2.52. The molecule has 1 aromatic heterocycles. The first-order chi connectivity index (χ1) is 23.6. The lowest BCUT2D eigenvalue weighted by atomic mass is 9.87. The Bertz CT molecular complexity index is 1810. The van der Waals surface area contributed by atoms with Crippen molar-refractivity contribution in [1.82, 2.24) is 34.7 Å². The summed E-state index contributed by atoms with van der Waals surface area (Å²) in [5, 5.41) is 10.1. The third kappa shape index (κ3) is 7.35. The number of aryl methyl sites for hydroxylation is 1. The Morgan fingerprint density at radius 3 is 2.33 bits per heavy atom. The number of likely N-dealkylation sites (N-methyl/N-ethyl adjacent to an activating group) is 1. The number of benzene rings is 2. The van der Waals surface area contributed by atoms with Gasteiger partial charge in [0.2, 0.25) is 11.8 Å². The van der Waals surface area contributed by atoms with Crippen LogP contribution in [-0.4, -0.2) is 106 Å². The summed E-state index contributed by atoms with van der Waals surface area (Å²) in [6.45, 7) is 7.96. The number of carbonyl (C=O) groups is 3. The van der Waals surface area contributed by atoms with Crippen LogP contribution in [0.1, 0.15) is 57.8 Å². The molecule has 2 N–H and O–H groups in total. The summed E-state index contributed by atoms with van der Waals surface area (Å²) >= 11 is 3.44. The first-order valence-corrected chi connectivity index (χ1v) is 17.9. The van der Waals surface area contributed by atoms with Crippen molar-refractivity contribution in [1.29, 1.82) is 0 Å². The molecule has 4 aliphatic heterocycles. The molecular formula is C36H43BrN8O4. The molecule has 0 aliphatic carbocycles. The fraction of sp³-hybridized carbons (Fsp3) is 0.472. The third-order valence-electron chi connectivity index (χ3n) is 10.4. The van der Waals surface area contributed by atoms with E-state index in [0.717, 1.165) is 70.0 Å². The van der Waals surface area contributed by atoms with Gasteiger partial charge in [-0.25, -0.2) is 4.68 Å². The molecule has 258 valence electrons. The van der Waals surface area contributed by atoms with E-state index in [-0.39, 0.29) is 35.7 Å². The SMILES string of the molecule is CN1CC(Nc2cnn(C)c(=O)c2Br)CC(c2ccc(CN3CCN(Cc4ccc5c(c4)CN(C4CCC(=O)NC4=O)C5=O)CC3)cc2)C1. The van der Waals surface area contributed by atoms with Gasteiger partial charge >= 0.3 is 0 Å². The van der Waals surface area contributed by atoms with Crippen molar-refractivity contribution < 1.29 is 14.4 Å². The Labute approximate surface area is 294 Å². The lowest BCUT2D eigenvalue weighted by molar-refractivity contribution is -0.136. The fourth-order valence-corrected chi connectivity index (χ4v) is 8.21. The minimum absolute atomic E-state index is 0.131. The summed E-state index contributed by atoms with van der Waals surface area (Å²) in [6, 6.07) is 14.7. The maximum absolute atomic E-state index is 13.1. The van der Waals surface area contributed by atoms with Crippen molar-refractivity contribution in [3.63, 3.8) is 0 Å². The summed E-state index contributed by atoms with van der Waals surface area (Å²) in [5.41, 5.74) is 6.02. The maximum Gasteiger partial charge on any atom is 0.282 e. The van der Waals surface area contributed by atoms with Crippen LogP contribution in [0.25, 0.3) is 0 Å². The van der Waals surface area contributed by atoms with Gasteiger partial charge in [-0.2, -0.15) is 5.10 Å². The van der Waals surface area contributed by atoms with E-state index in [2.05, 4.69) is 83.7 Å². The molecule has 5 heterocycles. The van der Waals surface area contributed by atoms with Crippen molar-refractivity contribution in [2.75, 3.05) is 51.6 Å². The first-order valence-electron chi connectivity index (χ1n) is 17.1. The summed E-state index contributed by atoms with van der Waals surface area (Å²) < 4.78 is 1.84. The molecule has 3 amide bonds. The highest BCUT2D eigenvalue weighted by Crippen LogP contribution is 2.31. The molecule has 0 saturated carbocycles. The lowest BCUT2D eigenvalue weighted by Gasteiger charge is -2.37. The summed E-state index contributed by atoms with van der Waals surface area (Å²) in [4.78, 5) is 58.3. The van der Waals surface area contributed by atoms with E-state index in [1.165, 1.54) is 21.4 Å². The van der Waals surface area contributed by atoms with Crippen LogP contribution in [0.4, 0.5) is 5.69 Å². The fourth-order valence-electron chi connectivity index (χ4n) is 7.74. The number of halogens is 1. The van der Waals surface area contributed by atoms with Gasteiger partial charge < -0.3 is 15.1 Å². The second kappa shape index (κ2) is 14.1. The van der Waals surface area contributed by atoms with E-state index in [4.69, 9.17) is 0 Å². The second-order valence-electron chi connectivity index (χ2n) is 14.0. The van der Waals surface area contributed by atoms with Crippen LogP contribution in [0, 0.1) is 0 Å². The average molecular weight is 732 g/mol. The topological polar surface area (TPSA) is 123 Å². The molecule has 0 spiro atoms. The van der Waals surface area contributed by atoms with Crippen LogP contribution in [0.5, 0.6) is 0 Å². The van der Waals surface area contributed by atoms with E-state index < -0.39 is 6.04 Å². The van der Waals surface area contributed by atoms with Crippen molar-refractivity contribution in [3.8, 4) is 0 Å². The Hall–Kier alpha value is -3.91. The molecule has 4 aliphatic rings. The summed E-state index contributed by atoms with van der Waals surface area (Å²) in [5.74, 6) is -0.390. The van der Waals surface area contributed by atoms with Crippen LogP contribution >= 0.6 is 15.9 Å². The van der Waals surface area contributed by atoms with Crippen molar-refractivity contribution in [2.24, 2.45) is 7.05 Å². The van der Waals surface area contributed by atoms with Gasteiger partial charge in [-0.1, -0.05) is 36.4 Å². The van der Waals surface area contributed by atoms with Crippen LogP contribution in [-0.2, 0) is 36.3 Å². The zero-order chi connectivity index (χ0) is 34.2. The Balaban J connectivity index is 0.893. The van der Waals surface area contributed by atoms with Gasteiger partial charge in [0.05, 0.1) is 11.9 Å². The van der Waals surface area contributed by atoms with Crippen LogP contribution in [0.2, 0.25) is 0 Å². The highest BCUT2D eigenvalue weighted by atomic mass is 79.9. The number of nitrogens with zero attached hydrogens (tertiary/aromatic N) is 6. The van der Waals surface area contributed by atoms with E-state index >= 15 is 0 Å². The van der Waals surface area contributed by atoms with Crippen molar-refractivity contribution >= 4 is 39.3 Å². The van der Waals surface area contributed by atoms with Crippen molar-refractivity contribution in [2.45, 2.75) is 56.9 Å². The molecule has 49 heavy (non-hydrogen) atoms. The van der Waals surface area contributed by atoms with Crippen molar-refractivity contribution in [3.05, 3.63) is 91.3 Å². The summed E-state index contributed by atoms with van der Waals surface area (Å²) in [6.07, 6.45) is 3.32. The van der Waals surface area contributed by atoms with E-state index in [9.17, 15) is 19.2 Å². The number of rotatable bonds is 8. The quantitative estimate of drug-likeness (QED) is 0.337. The van der Waals surface area contributed by atoms with Gasteiger partial charge in [0.25, 0.3) is 11.5 Å². The van der Waals surface area contributed by atoms with Gasteiger partial charge in [-0.3, -0.25) is 34.3 Å². The van der Waals surface area contributed by atoms with Gasteiger partial charge in [-0.05, 0) is 70.1 Å². The minimum Gasteiger partial charge on any atom is -0.379 e. The third-order valence-corrected chi connectivity index (χ3v) is 11.2. The Kier molecular flexibility index (Phi) is 9.69. The Morgan fingerprint density at radius 2 is 1.61 bits per heavy atom. The number of aromatic nitrogens is 2. The molecule has 3 unspecified atom stereocenters. The molecule has 3 fully saturated rings. The number of imide groups is 1. The van der Waals surface area contributed by atoms with Gasteiger partial charge in [0.1, 0.15) is 10.5 Å². The molecule has 2 aromatic carbocycles. The van der Waals surface area contributed by atoms with E-state index in [1.807, 2.05) is 12.1 Å². The largest absolute Gasteiger partial charge is 0.379 e. The highest BCUT2D eigenvalue weighted by molar-refractivity contribution is 9.10.